The van der Waals surface area contributed by atoms with Crippen molar-refractivity contribution in [2.45, 2.75) is 38.2 Å². The van der Waals surface area contributed by atoms with Gasteiger partial charge in [-0.05, 0) is 57.6 Å². The van der Waals surface area contributed by atoms with E-state index >= 15 is 0 Å². The molecule has 0 amide bonds. The van der Waals surface area contributed by atoms with Gasteiger partial charge in [-0.25, -0.2) is 4.98 Å². The first kappa shape index (κ1) is 14.7. The molecule has 1 fully saturated rings. The van der Waals surface area contributed by atoms with Crippen LogP contribution in [0.5, 0.6) is 0 Å². The van der Waals surface area contributed by atoms with Gasteiger partial charge in [-0.3, -0.25) is 0 Å². The summed E-state index contributed by atoms with van der Waals surface area (Å²) in [6.07, 6.45) is 2.35. The Morgan fingerprint density at radius 1 is 1.33 bits per heavy atom. The van der Waals surface area contributed by atoms with Crippen molar-refractivity contribution >= 4 is 28.6 Å². The lowest BCUT2D eigenvalue weighted by molar-refractivity contribution is 0.263. The Kier molecular flexibility index (Phi) is 4.36. The van der Waals surface area contributed by atoms with E-state index in [0.717, 1.165) is 36.7 Å². The van der Waals surface area contributed by atoms with Crippen LogP contribution in [0.4, 0.5) is 5.95 Å². The first-order chi connectivity index (χ1) is 10.2. The van der Waals surface area contributed by atoms with E-state index in [2.05, 4.69) is 47.0 Å². The van der Waals surface area contributed by atoms with Crippen LogP contribution in [0.15, 0.2) is 18.2 Å². The number of alkyl halides is 1. The SMILES string of the molecule is CCn1c(NC2CCN(C)CC2)nc2ccc(CCl)cc21. The van der Waals surface area contributed by atoms with E-state index in [0.29, 0.717) is 11.9 Å². The Hall–Kier alpha value is -1.26. The van der Waals surface area contributed by atoms with Crippen molar-refractivity contribution in [2.75, 3.05) is 25.5 Å². The number of fused-ring (bicyclic) bond motifs is 1. The van der Waals surface area contributed by atoms with E-state index in [1.807, 2.05) is 0 Å². The van der Waals surface area contributed by atoms with Crippen molar-refractivity contribution in [3.8, 4) is 0 Å². The Bertz CT molecular complexity index is 614. The van der Waals surface area contributed by atoms with Crippen LogP contribution >= 0.6 is 11.6 Å². The number of nitrogens with zero attached hydrogens (tertiary/aromatic N) is 3. The van der Waals surface area contributed by atoms with E-state index < -0.39 is 0 Å². The zero-order valence-electron chi connectivity index (χ0n) is 12.8. The lowest BCUT2D eigenvalue weighted by atomic mass is 10.1. The average Bonchev–Trinajstić information content (AvgIpc) is 2.85. The van der Waals surface area contributed by atoms with E-state index in [1.165, 1.54) is 18.4 Å². The van der Waals surface area contributed by atoms with Crippen molar-refractivity contribution in [1.82, 2.24) is 14.5 Å². The molecule has 114 valence electrons. The fourth-order valence-electron chi connectivity index (χ4n) is 3.02. The van der Waals surface area contributed by atoms with Crippen LogP contribution in [-0.4, -0.2) is 40.6 Å². The Labute approximate surface area is 131 Å². The van der Waals surface area contributed by atoms with Gasteiger partial charge in [0.2, 0.25) is 5.95 Å². The predicted octanol–water partition coefficient (Wildman–Crippen LogP) is 3.30. The van der Waals surface area contributed by atoms with Crippen LogP contribution in [-0.2, 0) is 12.4 Å². The molecule has 0 aliphatic carbocycles. The highest BCUT2D eigenvalue weighted by molar-refractivity contribution is 6.17. The highest BCUT2D eigenvalue weighted by Gasteiger charge is 2.19. The minimum atomic E-state index is 0.524. The number of hydrogen-bond acceptors (Lipinski definition) is 3. The molecule has 1 saturated heterocycles. The molecule has 3 rings (SSSR count). The molecule has 0 saturated carbocycles. The first-order valence-corrected chi connectivity index (χ1v) is 8.25. The number of imidazole rings is 1. The standard InChI is InChI=1S/C16H23ClN4/c1-3-21-15-10-12(11-17)4-5-14(15)19-16(21)18-13-6-8-20(2)9-7-13/h4-5,10,13H,3,6-9,11H2,1-2H3,(H,18,19). The summed E-state index contributed by atoms with van der Waals surface area (Å²) in [5.41, 5.74) is 3.36. The number of nitrogens with one attached hydrogen (secondary N) is 1. The molecule has 0 radical (unpaired) electrons. The molecule has 0 atom stereocenters. The lowest BCUT2D eigenvalue weighted by Crippen LogP contribution is -2.37. The number of benzene rings is 1. The molecule has 4 nitrogen and oxygen atoms in total. The fourth-order valence-corrected chi connectivity index (χ4v) is 3.18. The number of likely N-dealkylation sites (tertiary alicyclic amines) is 1. The minimum Gasteiger partial charge on any atom is -0.353 e. The minimum absolute atomic E-state index is 0.524. The molecule has 2 heterocycles. The van der Waals surface area contributed by atoms with Crippen molar-refractivity contribution in [1.29, 1.82) is 0 Å². The maximum absolute atomic E-state index is 5.95. The second kappa shape index (κ2) is 6.24. The highest BCUT2D eigenvalue weighted by atomic mass is 35.5. The summed E-state index contributed by atoms with van der Waals surface area (Å²) in [4.78, 5) is 7.15. The van der Waals surface area contributed by atoms with Crippen LogP contribution in [0.1, 0.15) is 25.3 Å². The normalized spacial score (nSPS) is 17.5. The molecule has 1 aromatic heterocycles. The molecular weight excluding hydrogens is 284 g/mol. The fraction of sp³-hybridized carbons (Fsp3) is 0.562. The van der Waals surface area contributed by atoms with Gasteiger partial charge in [0, 0.05) is 18.5 Å². The molecular formula is C16H23ClN4. The quantitative estimate of drug-likeness (QED) is 0.880. The van der Waals surface area contributed by atoms with Gasteiger partial charge in [-0.1, -0.05) is 6.07 Å². The maximum Gasteiger partial charge on any atom is 0.204 e. The van der Waals surface area contributed by atoms with Gasteiger partial charge in [-0.15, -0.1) is 11.6 Å². The van der Waals surface area contributed by atoms with Crippen LogP contribution in [0, 0.1) is 0 Å². The van der Waals surface area contributed by atoms with Crippen molar-refractivity contribution in [2.24, 2.45) is 0 Å². The summed E-state index contributed by atoms with van der Waals surface area (Å²) >= 11 is 5.95. The van der Waals surface area contributed by atoms with Gasteiger partial charge in [0.25, 0.3) is 0 Å². The Morgan fingerprint density at radius 3 is 2.76 bits per heavy atom. The average molecular weight is 307 g/mol. The number of hydrogen-bond donors (Lipinski definition) is 1. The van der Waals surface area contributed by atoms with Gasteiger partial charge in [0.1, 0.15) is 0 Å². The van der Waals surface area contributed by atoms with Crippen LogP contribution < -0.4 is 5.32 Å². The molecule has 1 aliphatic heterocycles. The summed E-state index contributed by atoms with van der Waals surface area (Å²) < 4.78 is 2.25. The smallest absolute Gasteiger partial charge is 0.204 e. The molecule has 1 aromatic carbocycles. The molecule has 5 heteroatoms. The molecule has 1 N–H and O–H groups in total. The van der Waals surface area contributed by atoms with Gasteiger partial charge < -0.3 is 14.8 Å². The molecule has 0 spiro atoms. The van der Waals surface area contributed by atoms with Crippen LogP contribution in [0.3, 0.4) is 0 Å². The second-order valence-electron chi connectivity index (χ2n) is 5.86. The predicted molar refractivity (Wildman–Crippen MR) is 89.1 cm³/mol. The Balaban J connectivity index is 1.87. The first-order valence-electron chi connectivity index (χ1n) is 7.71. The summed E-state index contributed by atoms with van der Waals surface area (Å²) in [5, 5.41) is 3.64. The topological polar surface area (TPSA) is 33.1 Å². The molecule has 21 heavy (non-hydrogen) atoms. The largest absolute Gasteiger partial charge is 0.353 e. The summed E-state index contributed by atoms with van der Waals surface area (Å²) in [7, 11) is 2.19. The molecule has 0 bridgehead atoms. The molecule has 1 aliphatic rings. The number of rotatable bonds is 4. The van der Waals surface area contributed by atoms with Crippen molar-refractivity contribution in [3.63, 3.8) is 0 Å². The molecule has 0 unspecified atom stereocenters. The summed E-state index contributed by atoms with van der Waals surface area (Å²) in [5.74, 6) is 1.54. The zero-order valence-corrected chi connectivity index (χ0v) is 13.5. The summed E-state index contributed by atoms with van der Waals surface area (Å²) in [6, 6.07) is 6.80. The van der Waals surface area contributed by atoms with Crippen LogP contribution in [0.25, 0.3) is 11.0 Å². The third-order valence-corrected chi connectivity index (χ3v) is 4.64. The second-order valence-corrected chi connectivity index (χ2v) is 6.13. The van der Waals surface area contributed by atoms with E-state index in [4.69, 9.17) is 16.6 Å². The third kappa shape index (κ3) is 3.01. The number of anilines is 1. The monoisotopic (exact) mass is 306 g/mol. The number of piperidine rings is 1. The van der Waals surface area contributed by atoms with Crippen molar-refractivity contribution in [3.05, 3.63) is 23.8 Å². The van der Waals surface area contributed by atoms with Crippen molar-refractivity contribution < 1.29 is 0 Å². The summed E-state index contributed by atoms with van der Waals surface area (Å²) in [6.45, 7) is 5.38. The molecule has 2 aromatic rings. The van der Waals surface area contributed by atoms with E-state index in [9.17, 15) is 0 Å². The number of aromatic nitrogens is 2. The van der Waals surface area contributed by atoms with E-state index in [1.54, 1.807) is 0 Å². The highest BCUT2D eigenvalue weighted by Crippen LogP contribution is 2.23. The van der Waals surface area contributed by atoms with Gasteiger partial charge in [-0.2, -0.15) is 0 Å². The van der Waals surface area contributed by atoms with Crippen LogP contribution in [0.2, 0.25) is 0 Å². The van der Waals surface area contributed by atoms with Gasteiger partial charge in [0.05, 0.1) is 11.0 Å². The van der Waals surface area contributed by atoms with Gasteiger partial charge >= 0.3 is 0 Å². The number of halogens is 1. The third-order valence-electron chi connectivity index (χ3n) is 4.33. The zero-order chi connectivity index (χ0) is 14.8. The van der Waals surface area contributed by atoms with E-state index in [-0.39, 0.29) is 0 Å². The Morgan fingerprint density at radius 2 is 2.10 bits per heavy atom. The van der Waals surface area contributed by atoms with Gasteiger partial charge in [0.15, 0.2) is 0 Å². The lowest BCUT2D eigenvalue weighted by Gasteiger charge is -2.29. The number of aryl methyl sites for hydroxylation is 1. The maximum atomic E-state index is 5.95.